The summed E-state index contributed by atoms with van der Waals surface area (Å²) in [5.74, 6) is -0.260. The van der Waals surface area contributed by atoms with Crippen molar-refractivity contribution < 1.29 is 9.59 Å². The second-order valence-electron chi connectivity index (χ2n) is 3.75. The minimum absolute atomic E-state index is 0.109. The van der Waals surface area contributed by atoms with Crippen molar-refractivity contribution in [2.45, 2.75) is 6.04 Å². The second-order valence-corrected chi connectivity index (χ2v) is 4.18. The number of piperazine rings is 1. The molecule has 0 spiro atoms. The number of benzene rings is 1. The zero-order valence-electron chi connectivity index (χ0n) is 8.74. The van der Waals surface area contributed by atoms with Crippen molar-refractivity contribution >= 4 is 23.4 Å². The van der Waals surface area contributed by atoms with Crippen molar-refractivity contribution in [2.24, 2.45) is 0 Å². The number of hydrogen-bond acceptors (Lipinski definition) is 2. The molecule has 2 amide bonds. The van der Waals surface area contributed by atoms with Gasteiger partial charge in [-0.05, 0) is 17.7 Å². The number of amides is 2. The highest BCUT2D eigenvalue weighted by Crippen LogP contribution is 2.20. The summed E-state index contributed by atoms with van der Waals surface area (Å²) in [6, 6.07) is 6.29. The number of nitrogens with zero attached hydrogens (tertiary/aromatic N) is 1. The fraction of sp³-hybridized carbons (Fsp3) is 0.273. The quantitative estimate of drug-likeness (QED) is 0.793. The normalized spacial score (nSPS) is 20.9. The first kappa shape index (κ1) is 11.0. The number of carbonyl (C=O) groups excluding carboxylic acids is 2. The highest BCUT2D eigenvalue weighted by molar-refractivity contribution is 6.30. The Morgan fingerprint density at radius 3 is 2.56 bits per heavy atom. The van der Waals surface area contributed by atoms with Crippen molar-refractivity contribution in [1.29, 1.82) is 0 Å². The summed E-state index contributed by atoms with van der Waals surface area (Å²) in [7, 11) is 1.62. The molecule has 84 valence electrons. The summed E-state index contributed by atoms with van der Waals surface area (Å²) in [6.45, 7) is 0.114. The van der Waals surface area contributed by atoms with E-state index < -0.39 is 6.04 Å². The van der Waals surface area contributed by atoms with E-state index in [0.29, 0.717) is 5.02 Å². The maximum absolute atomic E-state index is 11.8. The lowest BCUT2D eigenvalue weighted by Crippen LogP contribution is -2.51. The molecular formula is C11H11ClN2O2. The molecule has 1 N–H and O–H groups in total. The van der Waals surface area contributed by atoms with Gasteiger partial charge in [0.25, 0.3) is 0 Å². The Morgan fingerprint density at radius 1 is 1.31 bits per heavy atom. The van der Waals surface area contributed by atoms with Crippen LogP contribution in [0.5, 0.6) is 0 Å². The van der Waals surface area contributed by atoms with E-state index in [2.05, 4.69) is 5.32 Å². The van der Waals surface area contributed by atoms with Crippen molar-refractivity contribution in [3.63, 3.8) is 0 Å². The minimum atomic E-state index is -0.594. The molecule has 1 atom stereocenters. The summed E-state index contributed by atoms with van der Waals surface area (Å²) >= 11 is 5.76. The smallest absolute Gasteiger partial charge is 0.250 e. The molecular weight excluding hydrogens is 228 g/mol. The minimum Gasteiger partial charge on any atom is -0.339 e. The van der Waals surface area contributed by atoms with E-state index in [4.69, 9.17) is 11.6 Å². The Hall–Kier alpha value is -1.55. The van der Waals surface area contributed by atoms with Crippen LogP contribution < -0.4 is 5.32 Å². The molecule has 2 rings (SSSR count). The lowest BCUT2D eigenvalue weighted by molar-refractivity contribution is -0.143. The molecule has 1 aromatic rings. The molecule has 4 nitrogen and oxygen atoms in total. The van der Waals surface area contributed by atoms with Crippen LogP contribution in [0.1, 0.15) is 11.6 Å². The van der Waals surface area contributed by atoms with Crippen LogP contribution in [-0.4, -0.2) is 30.3 Å². The van der Waals surface area contributed by atoms with E-state index in [-0.39, 0.29) is 18.4 Å². The molecule has 1 saturated heterocycles. The van der Waals surface area contributed by atoms with E-state index in [1.807, 2.05) is 0 Å². The predicted molar refractivity (Wildman–Crippen MR) is 60.0 cm³/mol. The van der Waals surface area contributed by atoms with E-state index in [1.165, 1.54) is 4.90 Å². The molecule has 1 fully saturated rings. The van der Waals surface area contributed by atoms with Crippen LogP contribution >= 0.6 is 11.6 Å². The van der Waals surface area contributed by atoms with Gasteiger partial charge in [-0.2, -0.15) is 0 Å². The average molecular weight is 239 g/mol. The van der Waals surface area contributed by atoms with Crippen LogP contribution in [0.25, 0.3) is 0 Å². The highest BCUT2D eigenvalue weighted by atomic mass is 35.5. The third-order valence-corrected chi connectivity index (χ3v) is 2.76. The van der Waals surface area contributed by atoms with Gasteiger partial charge >= 0.3 is 0 Å². The first-order chi connectivity index (χ1) is 7.58. The number of nitrogens with one attached hydrogen (secondary N) is 1. The zero-order chi connectivity index (χ0) is 11.7. The lowest BCUT2D eigenvalue weighted by Gasteiger charge is -2.29. The number of carbonyl (C=O) groups is 2. The summed E-state index contributed by atoms with van der Waals surface area (Å²) in [6.07, 6.45) is 0. The van der Waals surface area contributed by atoms with Crippen molar-refractivity contribution in [3.8, 4) is 0 Å². The van der Waals surface area contributed by atoms with Gasteiger partial charge in [-0.25, -0.2) is 0 Å². The van der Waals surface area contributed by atoms with Crippen LogP contribution in [0.4, 0.5) is 0 Å². The molecule has 0 saturated carbocycles. The third-order valence-electron chi connectivity index (χ3n) is 2.51. The maximum Gasteiger partial charge on any atom is 0.250 e. The van der Waals surface area contributed by atoms with Gasteiger partial charge in [-0.3, -0.25) is 9.59 Å². The van der Waals surface area contributed by atoms with Gasteiger partial charge in [-0.1, -0.05) is 23.7 Å². The number of likely N-dealkylation sites (N-methyl/N-ethyl adjacent to an activating group) is 1. The number of hydrogen-bond donors (Lipinski definition) is 1. The molecule has 0 bridgehead atoms. The van der Waals surface area contributed by atoms with Gasteiger partial charge in [0.05, 0.1) is 6.54 Å². The van der Waals surface area contributed by atoms with Crippen LogP contribution in [-0.2, 0) is 9.59 Å². The van der Waals surface area contributed by atoms with E-state index in [9.17, 15) is 9.59 Å². The summed E-state index contributed by atoms with van der Waals surface area (Å²) < 4.78 is 0. The lowest BCUT2D eigenvalue weighted by atomic mass is 10.0. The van der Waals surface area contributed by atoms with Crippen molar-refractivity contribution in [1.82, 2.24) is 10.2 Å². The van der Waals surface area contributed by atoms with Gasteiger partial charge in [0, 0.05) is 12.1 Å². The van der Waals surface area contributed by atoms with Gasteiger partial charge in [0.15, 0.2) is 0 Å². The summed E-state index contributed by atoms with van der Waals surface area (Å²) in [4.78, 5) is 24.6. The molecule has 0 radical (unpaired) electrons. The Labute approximate surface area is 98.2 Å². The van der Waals surface area contributed by atoms with Crippen LogP contribution in [0, 0.1) is 0 Å². The van der Waals surface area contributed by atoms with Crippen LogP contribution in [0.2, 0.25) is 5.02 Å². The number of halogens is 1. The molecule has 0 aliphatic carbocycles. The fourth-order valence-corrected chi connectivity index (χ4v) is 1.79. The SMILES string of the molecule is CN1CC(=O)N[C@H](c2ccc(Cl)cc2)C1=O. The zero-order valence-corrected chi connectivity index (χ0v) is 9.49. The third kappa shape index (κ3) is 2.02. The van der Waals surface area contributed by atoms with Crippen LogP contribution in [0.3, 0.4) is 0 Å². The molecule has 5 heteroatoms. The fourth-order valence-electron chi connectivity index (χ4n) is 1.66. The molecule has 0 unspecified atom stereocenters. The van der Waals surface area contributed by atoms with E-state index in [0.717, 1.165) is 5.56 Å². The van der Waals surface area contributed by atoms with E-state index >= 15 is 0 Å². The maximum atomic E-state index is 11.8. The van der Waals surface area contributed by atoms with Crippen LogP contribution in [0.15, 0.2) is 24.3 Å². The highest BCUT2D eigenvalue weighted by Gasteiger charge is 2.31. The van der Waals surface area contributed by atoms with E-state index in [1.54, 1.807) is 31.3 Å². The molecule has 1 heterocycles. The van der Waals surface area contributed by atoms with Gasteiger partial charge in [0.2, 0.25) is 11.8 Å². The van der Waals surface area contributed by atoms with Gasteiger partial charge in [-0.15, -0.1) is 0 Å². The topological polar surface area (TPSA) is 49.4 Å². The Kier molecular flexibility index (Phi) is 2.83. The largest absolute Gasteiger partial charge is 0.339 e. The Morgan fingerprint density at radius 2 is 1.94 bits per heavy atom. The molecule has 16 heavy (non-hydrogen) atoms. The molecule has 1 aromatic carbocycles. The molecule has 1 aliphatic heterocycles. The average Bonchev–Trinajstić information content (AvgIpc) is 2.25. The Bertz CT molecular complexity index is 430. The predicted octanol–water partition coefficient (Wildman–Crippen LogP) is 0.969. The first-order valence-corrected chi connectivity index (χ1v) is 5.25. The monoisotopic (exact) mass is 238 g/mol. The van der Waals surface area contributed by atoms with Crippen molar-refractivity contribution in [3.05, 3.63) is 34.9 Å². The Balaban J connectivity index is 2.28. The van der Waals surface area contributed by atoms with Crippen molar-refractivity contribution in [2.75, 3.05) is 13.6 Å². The molecule has 1 aliphatic rings. The first-order valence-electron chi connectivity index (χ1n) is 4.88. The summed E-state index contributed by atoms with van der Waals surface area (Å²) in [5, 5.41) is 3.26. The van der Waals surface area contributed by atoms with Gasteiger partial charge < -0.3 is 10.2 Å². The standard InChI is InChI=1S/C11H11ClN2O2/c1-14-6-9(15)13-10(11(14)16)7-2-4-8(12)5-3-7/h2-5,10H,6H2,1H3,(H,13,15)/t10-/m1/s1. The number of rotatable bonds is 1. The summed E-state index contributed by atoms with van der Waals surface area (Å²) in [5.41, 5.74) is 0.745. The second kappa shape index (κ2) is 4.14. The van der Waals surface area contributed by atoms with Gasteiger partial charge in [0.1, 0.15) is 6.04 Å². The molecule has 0 aromatic heterocycles.